The molecule has 3 rings (SSSR count). The van der Waals surface area contributed by atoms with E-state index in [4.69, 9.17) is 4.74 Å². The fraction of sp³-hybridized carbons (Fsp3) is 0.333. The first kappa shape index (κ1) is 19.6. The Morgan fingerprint density at radius 2 is 1.85 bits per heavy atom. The fourth-order valence-corrected chi connectivity index (χ4v) is 3.64. The van der Waals surface area contributed by atoms with Crippen LogP contribution in [0.1, 0.15) is 40.5 Å². The molecule has 1 fully saturated rings. The lowest BCUT2D eigenvalue weighted by atomic mass is 10.1. The SMILES string of the molecule is CCN(CC1CCCO1)C(=O)c1ccccc1NC(=O)c1ccccc1Br. The fourth-order valence-electron chi connectivity index (χ4n) is 3.17. The zero-order valence-corrected chi connectivity index (χ0v) is 16.9. The Hall–Kier alpha value is -2.18. The number of anilines is 1. The maximum Gasteiger partial charge on any atom is 0.256 e. The molecule has 0 saturated carbocycles. The number of carbonyl (C=O) groups is 2. The van der Waals surface area contributed by atoms with Gasteiger partial charge in [0.2, 0.25) is 0 Å². The summed E-state index contributed by atoms with van der Waals surface area (Å²) in [6, 6.07) is 14.3. The minimum Gasteiger partial charge on any atom is -0.376 e. The van der Waals surface area contributed by atoms with Gasteiger partial charge < -0.3 is 15.0 Å². The molecule has 1 unspecified atom stereocenters. The topological polar surface area (TPSA) is 58.6 Å². The van der Waals surface area contributed by atoms with Crippen molar-refractivity contribution in [2.24, 2.45) is 0 Å². The number of hydrogen-bond acceptors (Lipinski definition) is 3. The summed E-state index contributed by atoms with van der Waals surface area (Å²) in [5, 5.41) is 2.87. The molecule has 0 radical (unpaired) electrons. The summed E-state index contributed by atoms with van der Waals surface area (Å²) in [7, 11) is 0. The molecule has 5 nitrogen and oxygen atoms in total. The van der Waals surface area contributed by atoms with E-state index in [9.17, 15) is 9.59 Å². The molecule has 1 atom stereocenters. The molecule has 142 valence electrons. The molecular weight excluding hydrogens is 408 g/mol. The Kier molecular flexibility index (Phi) is 6.63. The first-order valence-electron chi connectivity index (χ1n) is 9.16. The normalized spacial score (nSPS) is 16.1. The lowest BCUT2D eigenvalue weighted by molar-refractivity contribution is 0.0540. The average molecular weight is 431 g/mol. The second kappa shape index (κ2) is 9.15. The van der Waals surface area contributed by atoms with Crippen molar-refractivity contribution < 1.29 is 14.3 Å². The van der Waals surface area contributed by atoms with E-state index >= 15 is 0 Å². The number of ether oxygens (including phenoxy) is 1. The van der Waals surface area contributed by atoms with Gasteiger partial charge in [0.1, 0.15) is 0 Å². The molecule has 0 aromatic heterocycles. The molecule has 1 N–H and O–H groups in total. The van der Waals surface area contributed by atoms with Gasteiger partial charge in [0, 0.05) is 24.2 Å². The Morgan fingerprint density at radius 1 is 1.15 bits per heavy atom. The predicted octanol–water partition coefficient (Wildman–Crippen LogP) is 4.34. The van der Waals surface area contributed by atoms with Crippen molar-refractivity contribution in [3.8, 4) is 0 Å². The van der Waals surface area contributed by atoms with Crippen molar-refractivity contribution in [1.29, 1.82) is 0 Å². The van der Waals surface area contributed by atoms with Crippen LogP contribution in [0.3, 0.4) is 0 Å². The molecule has 1 heterocycles. The lowest BCUT2D eigenvalue weighted by Gasteiger charge is -2.25. The number of nitrogens with one attached hydrogen (secondary N) is 1. The quantitative estimate of drug-likeness (QED) is 0.740. The molecule has 1 saturated heterocycles. The highest BCUT2D eigenvalue weighted by atomic mass is 79.9. The van der Waals surface area contributed by atoms with Crippen molar-refractivity contribution >= 4 is 33.4 Å². The molecule has 2 aromatic carbocycles. The van der Waals surface area contributed by atoms with Crippen LogP contribution in [0, 0.1) is 0 Å². The van der Waals surface area contributed by atoms with Crippen molar-refractivity contribution in [3.05, 3.63) is 64.1 Å². The highest BCUT2D eigenvalue weighted by Crippen LogP contribution is 2.22. The molecule has 1 aliphatic rings. The third-order valence-corrected chi connectivity index (χ3v) is 5.33. The van der Waals surface area contributed by atoms with E-state index in [-0.39, 0.29) is 17.9 Å². The standard InChI is InChI=1S/C21H23BrN2O3/c1-2-24(14-15-8-7-13-27-15)21(26)17-10-4-6-12-19(17)23-20(25)16-9-3-5-11-18(16)22/h3-6,9-12,15H,2,7-8,13-14H2,1H3,(H,23,25). The molecule has 1 aliphatic heterocycles. The smallest absolute Gasteiger partial charge is 0.256 e. The van der Waals surface area contributed by atoms with Crippen LogP contribution in [0.15, 0.2) is 53.0 Å². The number of rotatable bonds is 6. The van der Waals surface area contributed by atoms with E-state index in [1.54, 1.807) is 35.2 Å². The molecule has 0 bridgehead atoms. The summed E-state index contributed by atoms with van der Waals surface area (Å²) in [6.07, 6.45) is 2.11. The molecular formula is C21H23BrN2O3. The number of para-hydroxylation sites is 1. The van der Waals surface area contributed by atoms with Crippen molar-refractivity contribution in [1.82, 2.24) is 4.90 Å². The van der Waals surface area contributed by atoms with E-state index in [0.717, 1.165) is 19.4 Å². The summed E-state index contributed by atoms with van der Waals surface area (Å²) in [4.78, 5) is 27.5. The highest BCUT2D eigenvalue weighted by Gasteiger charge is 2.24. The molecule has 2 aromatic rings. The number of benzene rings is 2. The Labute approximate surface area is 167 Å². The van der Waals surface area contributed by atoms with Gasteiger partial charge in [-0.15, -0.1) is 0 Å². The number of nitrogens with zero attached hydrogens (tertiary/aromatic N) is 1. The Bertz CT molecular complexity index is 819. The summed E-state index contributed by atoms with van der Waals surface area (Å²) in [5.41, 5.74) is 1.51. The van der Waals surface area contributed by atoms with E-state index in [0.29, 0.717) is 34.4 Å². The molecule has 2 amide bonds. The maximum absolute atomic E-state index is 13.1. The van der Waals surface area contributed by atoms with Gasteiger partial charge in [0.05, 0.1) is 22.9 Å². The number of likely N-dealkylation sites (N-methyl/N-ethyl adjacent to an activating group) is 1. The zero-order valence-electron chi connectivity index (χ0n) is 15.3. The van der Waals surface area contributed by atoms with Gasteiger partial charge in [-0.05, 0) is 60.0 Å². The van der Waals surface area contributed by atoms with Crippen molar-refractivity contribution in [2.45, 2.75) is 25.9 Å². The van der Waals surface area contributed by atoms with E-state index in [1.165, 1.54) is 0 Å². The summed E-state index contributed by atoms with van der Waals surface area (Å²) < 4.78 is 6.38. The lowest BCUT2D eigenvalue weighted by Crippen LogP contribution is -2.37. The minimum atomic E-state index is -0.259. The van der Waals surface area contributed by atoms with Gasteiger partial charge in [0.15, 0.2) is 0 Å². The van der Waals surface area contributed by atoms with Gasteiger partial charge in [-0.2, -0.15) is 0 Å². The minimum absolute atomic E-state index is 0.0935. The van der Waals surface area contributed by atoms with E-state index in [1.807, 2.05) is 25.1 Å². The third kappa shape index (κ3) is 4.76. The maximum atomic E-state index is 13.1. The first-order valence-corrected chi connectivity index (χ1v) is 9.95. The highest BCUT2D eigenvalue weighted by molar-refractivity contribution is 9.10. The Balaban J connectivity index is 1.79. The predicted molar refractivity (Wildman–Crippen MR) is 109 cm³/mol. The van der Waals surface area contributed by atoms with Gasteiger partial charge in [-0.1, -0.05) is 24.3 Å². The van der Waals surface area contributed by atoms with Crippen LogP contribution in [-0.2, 0) is 4.74 Å². The second-order valence-corrected chi connectivity index (χ2v) is 7.31. The van der Waals surface area contributed by atoms with Crippen LogP contribution < -0.4 is 5.32 Å². The van der Waals surface area contributed by atoms with Gasteiger partial charge in [0.25, 0.3) is 11.8 Å². The van der Waals surface area contributed by atoms with Crippen molar-refractivity contribution in [3.63, 3.8) is 0 Å². The number of amides is 2. The molecule has 0 spiro atoms. The third-order valence-electron chi connectivity index (χ3n) is 4.64. The largest absolute Gasteiger partial charge is 0.376 e. The summed E-state index contributed by atoms with van der Waals surface area (Å²) in [5.74, 6) is -0.360. The summed E-state index contributed by atoms with van der Waals surface area (Å²) >= 11 is 3.39. The zero-order chi connectivity index (χ0) is 19.2. The van der Waals surface area contributed by atoms with Gasteiger partial charge >= 0.3 is 0 Å². The number of hydrogen-bond donors (Lipinski definition) is 1. The second-order valence-electron chi connectivity index (χ2n) is 6.46. The number of halogens is 1. The average Bonchev–Trinajstić information content (AvgIpc) is 3.19. The van der Waals surface area contributed by atoms with E-state index < -0.39 is 0 Å². The van der Waals surface area contributed by atoms with Crippen LogP contribution in [0.2, 0.25) is 0 Å². The molecule has 6 heteroatoms. The van der Waals surface area contributed by atoms with Gasteiger partial charge in [-0.25, -0.2) is 0 Å². The first-order chi connectivity index (χ1) is 13.1. The van der Waals surface area contributed by atoms with E-state index in [2.05, 4.69) is 21.2 Å². The molecule has 0 aliphatic carbocycles. The molecule has 27 heavy (non-hydrogen) atoms. The van der Waals surface area contributed by atoms with Gasteiger partial charge in [-0.3, -0.25) is 9.59 Å². The summed E-state index contributed by atoms with van der Waals surface area (Å²) in [6.45, 7) is 3.87. The Morgan fingerprint density at radius 3 is 2.52 bits per heavy atom. The van der Waals surface area contributed by atoms with Crippen LogP contribution in [0.25, 0.3) is 0 Å². The van der Waals surface area contributed by atoms with Crippen LogP contribution >= 0.6 is 15.9 Å². The van der Waals surface area contributed by atoms with Crippen LogP contribution in [0.5, 0.6) is 0 Å². The van der Waals surface area contributed by atoms with Crippen LogP contribution in [0.4, 0.5) is 5.69 Å². The number of carbonyl (C=O) groups excluding carboxylic acids is 2. The monoisotopic (exact) mass is 430 g/mol. The van der Waals surface area contributed by atoms with Crippen LogP contribution in [-0.4, -0.2) is 42.5 Å². The van der Waals surface area contributed by atoms with Crippen molar-refractivity contribution in [2.75, 3.05) is 25.0 Å².